The summed E-state index contributed by atoms with van der Waals surface area (Å²) in [4.78, 5) is 0. The Kier molecular flexibility index (Phi) is 2.65. The maximum absolute atomic E-state index is 5.73. The van der Waals surface area contributed by atoms with Crippen LogP contribution in [0.5, 0.6) is 0 Å². The van der Waals surface area contributed by atoms with Gasteiger partial charge in [0.1, 0.15) is 0 Å². The summed E-state index contributed by atoms with van der Waals surface area (Å²) in [5, 5.41) is 0. The Labute approximate surface area is 61.7 Å². The molecule has 1 aliphatic rings. The minimum Gasteiger partial charge on any atom is -0.372 e. The Bertz CT molecular complexity index is 108. The van der Waals surface area contributed by atoms with Gasteiger partial charge in [-0.15, -0.1) is 0 Å². The SMILES string of the molecule is CC1OC(CN)CCC1N. The smallest absolute Gasteiger partial charge is 0.0702 e. The monoisotopic (exact) mass is 144 g/mol. The van der Waals surface area contributed by atoms with E-state index in [4.69, 9.17) is 16.2 Å². The van der Waals surface area contributed by atoms with Crippen LogP contribution in [0, 0.1) is 0 Å². The average Bonchev–Trinajstić information content (AvgIpc) is 1.95. The summed E-state index contributed by atoms with van der Waals surface area (Å²) in [7, 11) is 0. The molecule has 0 amide bonds. The van der Waals surface area contributed by atoms with Gasteiger partial charge in [-0.1, -0.05) is 0 Å². The quantitative estimate of drug-likeness (QED) is 0.537. The highest BCUT2D eigenvalue weighted by Gasteiger charge is 2.23. The maximum atomic E-state index is 5.73. The predicted octanol–water partition coefficient (Wildman–Crippen LogP) is -0.160. The normalized spacial score (nSPS) is 41.7. The van der Waals surface area contributed by atoms with E-state index in [9.17, 15) is 0 Å². The van der Waals surface area contributed by atoms with Gasteiger partial charge in [0.05, 0.1) is 12.2 Å². The van der Waals surface area contributed by atoms with Crippen LogP contribution >= 0.6 is 0 Å². The molecule has 0 spiro atoms. The summed E-state index contributed by atoms with van der Waals surface area (Å²) in [6.45, 7) is 2.63. The molecule has 1 fully saturated rings. The summed E-state index contributed by atoms with van der Waals surface area (Å²) in [5.41, 5.74) is 11.2. The molecule has 0 aromatic rings. The van der Waals surface area contributed by atoms with Crippen LogP contribution in [0.2, 0.25) is 0 Å². The lowest BCUT2D eigenvalue weighted by Crippen LogP contribution is -2.44. The van der Waals surface area contributed by atoms with E-state index in [0.29, 0.717) is 6.54 Å². The van der Waals surface area contributed by atoms with E-state index in [-0.39, 0.29) is 18.2 Å². The number of rotatable bonds is 1. The van der Waals surface area contributed by atoms with Gasteiger partial charge in [-0.2, -0.15) is 0 Å². The van der Waals surface area contributed by atoms with Gasteiger partial charge < -0.3 is 16.2 Å². The van der Waals surface area contributed by atoms with Crippen molar-refractivity contribution in [2.75, 3.05) is 6.54 Å². The summed E-state index contributed by atoms with van der Waals surface area (Å²) in [6.07, 6.45) is 2.49. The second-order valence-electron chi connectivity index (χ2n) is 2.94. The second-order valence-corrected chi connectivity index (χ2v) is 2.94. The minimum atomic E-state index is 0.183. The van der Waals surface area contributed by atoms with Gasteiger partial charge in [0.15, 0.2) is 0 Å². The molecule has 3 nitrogen and oxygen atoms in total. The molecule has 0 aliphatic carbocycles. The second kappa shape index (κ2) is 3.32. The molecule has 0 bridgehead atoms. The van der Waals surface area contributed by atoms with Gasteiger partial charge in [0.2, 0.25) is 0 Å². The Morgan fingerprint density at radius 3 is 2.70 bits per heavy atom. The molecule has 0 saturated carbocycles. The van der Waals surface area contributed by atoms with Gasteiger partial charge >= 0.3 is 0 Å². The summed E-state index contributed by atoms with van der Waals surface area (Å²) >= 11 is 0. The Hall–Kier alpha value is -0.120. The van der Waals surface area contributed by atoms with Crippen molar-refractivity contribution in [3.05, 3.63) is 0 Å². The van der Waals surface area contributed by atoms with Crippen LogP contribution < -0.4 is 11.5 Å². The zero-order valence-corrected chi connectivity index (χ0v) is 6.42. The van der Waals surface area contributed by atoms with Crippen molar-refractivity contribution >= 4 is 0 Å². The lowest BCUT2D eigenvalue weighted by Gasteiger charge is -2.31. The first-order chi connectivity index (χ1) is 4.74. The van der Waals surface area contributed by atoms with E-state index in [1.54, 1.807) is 0 Å². The predicted molar refractivity (Wildman–Crippen MR) is 40.6 cm³/mol. The first-order valence-electron chi connectivity index (χ1n) is 3.85. The summed E-state index contributed by atoms with van der Waals surface area (Å²) < 4.78 is 5.50. The fraction of sp³-hybridized carbons (Fsp3) is 1.00. The molecule has 0 radical (unpaired) electrons. The van der Waals surface area contributed by atoms with Crippen LogP contribution in [0.4, 0.5) is 0 Å². The first-order valence-corrected chi connectivity index (χ1v) is 3.85. The van der Waals surface area contributed by atoms with Crippen molar-refractivity contribution < 1.29 is 4.74 Å². The molecule has 0 aromatic heterocycles. The van der Waals surface area contributed by atoms with Gasteiger partial charge in [-0.3, -0.25) is 0 Å². The van der Waals surface area contributed by atoms with Gasteiger partial charge in [0, 0.05) is 12.6 Å². The van der Waals surface area contributed by atoms with Crippen molar-refractivity contribution in [2.24, 2.45) is 11.5 Å². The largest absolute Gasteiger partial charge is 0.372 e. The van der Waals surface area contributed by atoms with Crippen LogP contribution in [0.25, 0.3) is 0 Å². The Balaban J connectivity index is 2.33. The summed E-state index contributed by atoms with van der Waals surface area (Å²) in [6, 6.07) is 0.211. The highest BCUT2D eigenvalue weighted by Crippen LogP contribution is 2.16. The van der Waals surface area contributed by atoms with E-state index in [2.05, 4.69) is 0 Å². The lowest BCUT2D eigenvalue weighted by atomic mass is 10.0. The fourth-order valence-electron chi connectivity index (χ4n) is 1.26. The van der Waals surface area contributed by atoms with Gasteiger partial charge in [-0.05, 0) is 19.8 Å². The van der Waals surface area contributed by atoms with Gasteiger partial charge in [-0.25, -0.2) is 0 Å². The molecular formula is C7H16N2O. The molecular weight excluding hydrogens is 128 g/mol. The van der Waals surface area contributed by atoms with Crippen molar-refractivity contribution in [2.45, 2.75) is 38.0 Å². The molecule has 3 unspecified atom stereocenters. The molecule has 3 heteroatoms. The highest BCUT2D eigenvalue weighted by molar-refractivity contribution is 4.78. The molecule has 10 heavy (non-hydrogen) atoms. The van der Waals surface area contributed by atoms with Crippen LogP contribution in [0.15, 0.2) is 0 Å². The van der Waals surface area contributed by atoms with Crippen molar-refractivity contribution in [1.82, 2.24) is 0 Å². The van der Waals surface area contributed by atoms with E-state index in [1.807, 2.05) is 6.92 Å². The fourth-order valence-corrected chi connectivity index (χ4v) is 1.26. The molecule has 0 aromatic carbocycles. The third kappa shape index (κ3) is 1.68. The van der Waals surface area contributed by atoms with Crippen molar-refractivity contribution in [1.29, 1.82) is 0 Å². The molecule has 1 heterocycles. The molecule has 60 valence electrons. The Morgan fingerprint density at radius 1 is 1.50 bits per heavy atom. The average molecular weight is 144 g/mol. The Morgan fingerprint density at radius 2 is 2.20 bits per heavy atom. The minimum absolute atomic E-state index is 0.183. The van der Waals surface area contributed by atoms with E-state index >= 15 is 0 Å². The topological polar surface area (TPSA) is 61.3 Å². The molecule has 3 atom stereocenters. The molecule has 1 rings (SSSR count). The number of nitrogens with two attached hydrogens (primary N) is 2. The van der Waals surface area contributed by atoms with E-state index in [0.717, 1.165) is 12.8 Å². The highest BCUT2D eigenvalue weighted by atomic mass is 16.5. The standard InChI is InChI=1S/C7H16N2O/c1-5-7(9)3-2-6(4-8)10-5/h5-7H,2-4,8-9H2,1H3. The third-order valence-corrected chi connectivity index (χ3v) is 2.09. The summed E-state index contributed by atoms with van der Waals surface area (Å²) in [5.74, 6) is 0. The first kappa shape index (κ1) is 7.98. The molecule has 1 aliphatic heterocycles. The zero-order valence-electron chi connectivity index (χ0n) is 6.42. The lowest BCUT2D eigenvalue weighted by molar-refractivity contribution is -0.0456. The van der Waals surface area contributed by atoms with E-state index in [1.165, 1.54) is 0 Å². The van der Waals surface area contributed by atoms with E-state index < -0.39 is 0 Å². The zero-order chi connectivity index (χ0) is 7.56. The molecule has 4 N–H and O–H groups in total. The number of hydrogen-bond donors (Lipinski definition) is 2. The van der Waals surface area contributed by atoms with Crippen molar-refractivity contribution in [3.63, 3.8) is 0 Å². The third-order valence-electron chi connectivity index (χ3n) is 2.09. The van der Waals surface area contributed by atoms with Crippen LogP contribution in [0.1, 0.15) is 19.8 Å². The number of hydrogen-bond acceptors (Lipinski definition) is 3. The van der Waals surface area contributed by atoms with Crippen LogP contribution in [-0.4, -0.2) is 24.8 Å². The van der Waals surface area contributed by atoms with Crippen LogP contribution in [0.3, 0.4) is 0 Å². The van der Waals surface area contributed by atoms with Crippen molar-refractivity contribution in [3.8, 4) is 0 Å². The molecule has 1 saturated heterocycles. The van der Waals surface area contributed by atoms with Crippen LogP contribution in [-0.2, 0) is 4.74 Å². The number of ether oxygens (including phenoxy) is 1. The maximum Gasteiger partial charge on any atom is 0.0702 e. The van der Waals surface area contributed by atoms with Gasteiger partial charge in [0.25, 0.3) is 0 Å².